The van der Waals surface area contributed by atoms with Crippen LogP contribution in [0.3, 0.4) is 0 Å². The predicted molar refractivity (Wildman–Crippen MR) is 172 cm³/mol. The molecule has 226 valence electrons. The fourth-order valence-electron chi connectivity index (χ4n) is 5.16. The van der Waals surface area contributed by atoms with Crippen LogP contribution in [0.15, 0.2) is 0 Å². The minimum absolute atomic E-state index is 0.0318. The van der Waals surface area contributed by atoms with Gasteiger partial charge in [-0.1, -0.05) is 68.6 Å². The topological polar surface area (TPSA) is 67.4 Å². The summed E-state index contributed by atoms with van der Waals surface area (Å²) in [5.74, 6) is 0.292. The van der Waals surface area contributed by atoms with Gasteiger partial charge in [0.15, 0.2) is 0 Å². The lowest BCUT2D eigenvalue weighted by molar-refractivity contribution is -0.870. The Morgan fingerprint density at radius 3 is 1.95 bits per heavy atom. The number of rotatable bonds is 17. The number of thiol groups is 1. The van der Waals surface area contributed by atoms with Crippen LogP contribution in [0.2, 0.25) is 0 Å². The second-order valence-corrected chi connectivity index (χ2v) is 19.8. The van der Waals surface area contributed by atoms with Crippen LogP contribution in [0, 0.1) is 16.7 Å². The molecule has 0 aliphatic heterocycles. The lowest BCUT2D eigenvalue weighted by Gasteiger charge is -2.32. The van der Waals surface area contributed by atoms with Gasteiger partial charge in [-0.2, -0.15) is 12.6 Å². The standard InChI is InChI=1S/C30H62N3O3PS/c1-14-37(13,17-15-16-33(10,11)12)36-25(21-31-26(34)18-24(2)19-28(3,4)5)22-32-27(35)20-30(9,38)23-29(6,7)8/h24-25H,13-23H2,1-12H3,(H2-,31,32,34,35,38)/p+1/t24-,25-,30?,37?/m1/s1. The van der Waals surface area contributed by atoms with Gasteiger partial charge in [-0.05, 0) is 41.9 Å². The number of hydrogen-bond acceptors (Lipinski definition) is 4. The predicted octanol–water partition coefficient (Wildman–Crippen LogP) is 6.06. The first-order valence-corrected chi connectivity index (χ1v) is 17.1. The van der Waals surface area contributed by atoms with E-state index in [1.54, 1.807) is 0 Å². The highest BCUT2D eigenvalue weighted by Gasteiger charge is 2.30. The van der Waals surface area contributed by atoms with E-state index in [1.807, 2.05) is 6.92 Å². The van der Waals surface area contributed by atoms with E-state index in [4.69, 9.17) is 17.2 Å². The van der Waals surface area contributed by atoms with E-state index in [9.17, 15) is 9.59 Å². The maximum absolute atomic E-state index is 12.9. The number of nitrogens with one attached hydrogen (secondary N) is 2. The van der Waals surface area contributed by atoms with E-state index < -0.39 is 11.9 Å². The second kappa shape index (κ2) is 15.5. The molecule has 0 aromatic rings. The molecule has 0 spiro atoms. The van der Waals surface area contributed by atoms with Gasteiger partial charge in [0, 0.05) is 44.2 Å². The average Bonchev–Trinajstić information content (AvgIpc) is 2.65. The van der Waals surface area contributed by atoms with Crippen molar-refractivity contribution < 1.29 is 18.6 Å². The summed E-state index contributed by atoms with van der Waals surface area (Å²) in [5.41, 5.74) is 0.274. The molecule has 38 heavy (non-hydrogen) atoms. The van der Waals surface area contributed by atoms with Gasteiger partial charge in [0.2, 0.25) is 11.8 Å². The average molecular weight is 577 g/mol. The molecular formula is C30H63N3O3PS+. The van der Waals surface area contributed by atoms with Gasteiger partial charge in [-0.15, -0.1) is 0 Å². The van der Waals surface area contributed by atoms with Gasteiger partial charge >= 0.3 is 0 Å². The molecule has 0 aliphatic rings. The third-order valence-corrected chi connectivity index (χ3v) is 9.69. The van der Waals surface area contributed by atoms with Crippen LogP contribution in [0.1, 0.15) is 94.4 Å². The van der Waals surface area contributed by atoms with Gasteiger partial charge in [0.05, 0.1) is 33.8 Å². The quantitative estimate of drug-likeness (QED) is 0.112. The van der Waals surface area contributed by atoms with E-state index in [-0.39, 0.29) is 28.7 Å². The molecule has 0 aliphatic carbocycles. The van der Waals surface area contributed by atoms with Crippen molar-refractivity contribution in [2.75, 3.05) is 53.1 Å². The molecule has 2 amide bonds. The highest BCUT2D eigenvalue weighted by molar-refractivity contribution is 7.81. The van der Waals surface area contributed by atoms with E-state index in [0.717, 1.165) is 42.6 Å². The molecule has 2 unspecified atom stereocenters. The summed E-state index contributed by atoms with van der Waals surface area (Å²) >= 11 is 4.78. The van der Waals surface area contributed by atoms with Gasteiger partial charge in [-0.25, -0.2) is 0 Å². The smallest absolute Gasteiger partial charge is 0.221 e. The number of amides is 2. The fraction of sp³-hybridized carbons (Fsp3) is 0.900. The molecule has 0 saturated heterocycles. The molecule has 0 heterocycles. The zero-order valence-corrected chi connectivity index (χ0v) is 28.8. The Morgan fingerprint density at radius 2 is 1.50 bits per heavy atom. The molecule has 0 rings (SSSR count). The second-order valence-electron chi connectivity index (χ2n) is 15.3. The van der Waals surface area contributed by atoms with Crippen LogP contribution in [-0.4, -0.2) is 86.5 Å². The van der Waals surface area contributed by atoms with Crippen LogP contribution in [0.4, 0.5) is 0 Å². The first kappa shape index (κ1) is 37.5. The Bertz CT molecular complexity index is 779. The molecule has 0 aromatic heterocycles. The SMILES string of the molecule is C=P(CC)(CCC[N+](C)(C)C)O[C@H](CNC(=O)C[C@@H](C)CC(C)(C)C)CNC(=O)CC(C)(S)CC(C)(C)C. The molecular weight excluding hydrogens is 513 g/mol. The highest BCUT2D eigenvalue weighted by Crippen LogP contribution is 2.47. The van der Waals surface area contributed by atoms with E-state index in [2.05, 4.69) is 93.5 Å². The minimum Gasteiger partial charge on any atom is -0.355 e. The van der Waals surface area contributed by atoms with Crippen molar-refractivity contribution >= 4 is 37.9 Å². The van der Waals surface area contributed by atoms with Crippen molar-refractivity contribution in [3.63, 3.8) is 0 Å². The normalized spacial score (nSPS) is 17.7. The fourth-order valence-corrected chi connectivity index (χ4v) is 7.84. The summed E-state index contributed by atoms with van der Waals surface area (Å²) in [6.07, 6.45) is 9.69. The Balaban J connectivity index is 5.31. The van der Waals surface area contributed by atoms with Crippen molar-refractivity contribution in [3.05, 3.63) is 0 Å². The molecule has 0 aromatic carbocycles. The third-order valence-electron chi connectivity index (χ3n) is 6.34. The van der Waals surface area contributed by atoms with E-state index >= 15 is 0 Å². The molecule has 6 nitrogen and oxygen atoms in total. The van der Waals surface area contributed by atoms with Crippen molar-refractivity contribution in [2.45, 2.75) is 105 Å². The third kappa shape index (κ3) is 20.4. The van der Waals surface area contributed by atoms with Crippen LogP contribution < -0.4 is 10.6 Å². The van der Waals surface area contributed by atoms with Crippen LogP contribution >= 0.6 is 19.7 Å². The number of carbonyl (C=O) groups is 2. The van der Waals surface area contributed by atoms with Crippen LogP contribution in [0.25, 0.3) is 0 Å². The Hall–Kier alpha value is -0.490. The van der Waals surface area contributed by atoms with Crippen molar-refractivity contribution in [1.82, 2.24) is 10.6 Å². The molecule has 0 saturated carbocycles. The zero-order valence-electron chi connectivity index (χ0n) is 27.0. The van der Waals surface area contributed by atoms with Crippen molar-refractivity contribution in [2.24, 2.45) is 16.7 Å². The van der Waals surface area contributed by atoms with Gasteiger partial charge < -0.3 is 19.6 Å². The monoisotopic (exact) mass is 576 g/mol. The van der Waals surface area contributed by atoms with E-state index in [0.29, 0.717) is 31.8 Å². The molecule has 0 fully saturated rings. The summed E-state index contributed by atoms with van der Waals surface area (Å²) in [5, 5.41) is 6.16. The molecule has 0 bridgehead atoms. The summed E-state index contributed by atoms with van der Waals surface area (Å²) in [6, 6.07) is 0. The van der Waals surface area contributed by atoms with E-state index in [1.165, 1.54) is 0 Å². The first-order chi connectivity index (χ1) is 16.9. The Labute approximate surface area is 241 Å². The Kier molecular flexibility index (Phi) is 15.3. The minimum atomic E-state index is -1.91. The molecule has 8 heteroatoms. The zero-order chi connectivity index (χ0) is 30.0. The van der Waals surface area contributed by atoms with Crippen LogP contribution in [0.5, 0.6) is 0 Å². The molecule has 4 atom stereocenters. The summed E-state index contributed by atoms with van der Waals surface area (Å²) < 4.78 is 7.15. The summed E-state index contributed by atoms with van der Waals surface area (Å²) in [7, 11) is 4.67. The Morgan fingerprint density at radius 1 is 0.974 bits per heavy atom. The number of carbonyl (C=O) groups excluding carboxylic acids is 2. The number of nitrogens with zero attached hydrogens (tertiary/aromatic N) is 1. The largest absolute Gasteiger partial charge is 0.355 e. The molecule has 0 radical (unpaired) electrons. The lowest BCUT2D eigenvalue weighted by Crippen LogP contribution is -2.43. The van der Waals surface area contributed by atoms with Gasteiger partial charge in [0.25, 0.3) is 0 Å². The lowest BCUT2D eigenvalue weighted by atomic mass is 9.83. The van der Waals surface area contributed by atoms with Crippen molar-refractivity contribution in [3.8, 4) is 0 Å². The first-order valence-electron chi connectivity index (χ1n) is 14.4. The number of quaternary nitrogens is 1. The maximum atomic E-state index is 12.9. The van der Waals surface area contributed by atoms with Gasteiger partial charge in [0.1, 0.15) is 0 Å². The number of hydrogen-bond donors (Lipinski definition) is 3. The summed E-state index contributed by atoms with van der Waals surface area (Å²) in [6.45, 7) is 21.1. The van der Waals surface area contributed by atoms with Crippen LogP contribution in [-0.2, 0) is 14.1 Å². The maximum Gasteiger partial charge on any atom is 0.221 e. The van der Waals surface area contributed by atoms with Gasteiger partial charge in [-0.3, -0.25) is 9.59 Å². The molecule has 2 N–H and O–H groups in total. The summed E-state index contributed by atoms with van der Waals surface area (Å²) in [4.78, 5) is 25.6. The van der Waals surface area contributed by atoms with Crippen molar-refractivity contribution in [1.29, 1.82) is 0 Å². The highest BCUT2D eigenvalue weighted by atomic mass is 32.1.